The number of halogens is 2. The molecule has 33 heavy (non-hydrogen) atoms. The van der Waals surface area contributed by atoms with Crippen LogP contribution in [0.5, 0.6) is 0 Å². The molecule has 3 heterocycles. The van der Waals surface area contributed by atoms with Crippen LogP contribution in [0.1, 0.15) is 12.8 Å². The lowest BCUT2D eigenvalue weighted by atomic mass is 10.1. The van der Waals surface area contributed by atoms with Gasteiger partial charge in [-0.1, -0.05) is 29.3 Å². The predicted molar refractivity (Wildman–Crippen MR) is 134 cm³/mol. The molecule has 0 spiro atoms. The number of para-hydroxylation sites is 1. The molecule has 0 aliphatic carbocycles. The molecule has 9 heteroatoms. The lowest BCUT2D eigenvalue weighted by Gasteiger charge is -2.32. The number of rotatable bonds is 4. The van der Waals surface area contributed by atoms with Crippen LogP contribution in [0, 0.1) is 0 Å². The molecule has 1 atom stereocenters. The number of fused-ring (bicyclic) bond motifs is 1. The van der Waals surface area contributed by atoms with Crippen LogP contribution in [0.4, 0.5) is 17.2 Å². The largest absolute Gasteiger partial charge is 0.370 e. The first kappa shape index (κ1) is 21.7. The lowest BCUT2D eigenvalue weighted by Crippen LogP contribution is -2.42. The van der Waals surface area contributed by atoms with Crippen molar-refractivity contribution in [2.75, 3.05) is 23.3 Å². The Balaban J connectivity index is 1.39. The van der Waals surface area contributed by atoms with Crippen molar-refractivity contribution in [2.24, 2.45) is 5.73 Å². The van der Waals surface area contributed by atoms with Crippen LogP contribution < -0.4 is 21.5 Å². The van der Waals surface area contributed by atoms with Crippen LogP contribution in [0.25, 0.3) is 16.6 Å². The topological polar surface area (TPSA) is 89.1 Å². The summed E-state index contributed by atoms with van der Waals surface area (Å²) in [5, 5.41) is 4.38. The summed E-state index contributed by atoms with van der Waals surface area (Å²) >= 11 is 12.5. The molecule has 0 radical (unpaired) electrons. The van der Waals surface area contributed by atoms with Gasteiger partial charge in [-0.25, -0.2) is 9.97 Å². The van der Waals surface area contributed by atoms with Gasteiger partial charge in [0.05, 0.1) is 26.6 Å². The third-order valence-corrected chi connectivity index (χ3v) is 6.39. The van der Waals surface area contributed by atoms with E-state index in [0.717, 1.165) is 37.3 Å². The van der Waals surface area contributed by atoms with Gasteiger partial charge in [-0.15, -0.1) is 0 Å². The van der Waals surface area contributed by atoms with E-state index >= 15 is 0 Å². The van der Waals surface area contributed by atoms with E-state index in [4.69, 9.17) is 28.9 Å². The summed E-state index contributed by atoms with van der Waals surface area (Å²) < 4.78 is 1.34. The molecular formula is C24H22Cl2N6O. The molecule has 1 saturated heterocycles. The van der Waals surface area contributed by atoms with E-state index < -0.39 is 0 Å². The van der Waals surface area contributed by atoms with Crippen molar-refractivity contribution in [1.29, 1.82) is 0 Å². The summed E-state index contributed by atoms with van der Waals surface area (Å²) in [5.74, 6) is 0.593. The molecule has 1 aliphatic rings. The van der Waals surface area contributed by atoms with Gasteiger partial charge in [0.25, 0.3) is 5.56 Å². The third-order valence-electron chi connectivity index (χ3n) is 5.78. The first-order chi connectivity index (χ1) is 16.0. The Morgan fingerprint density at radius 2 is 1.82 bits per heavy atom. The minimum absolute atomic E-state index is 0.226. The number of aromatic nitrogens is 3. The highest BCUT2D eigenvalue weighted by atomic mass is 35.5. The molecule has 1 fully saturated rings. The van der Waals surface area contributed by atoms with Crippen LogP contribution in [0.2, 0.25) is 10.0 Å². The number of nitrogens with zero attached hydrogens (tertiary/aromatic N) is 4. The molecule has 0 saturated carbocycles. The predicted octanol–water partition coefficient (Wildman–Crippen LogP) is 4.76. The molecule has 3 N–H and O–H groups in total. The first-order valence-electron chi connectivity index (χ1n) is 10.7. The Kier molecular flexibility index (Phi) is 5.93. The monoisotopic (exact) mass is 480 g/mol. The number of hydrogen-bond donors (Lipinski definition) is 2. The number of nitrogens with two attached hydrogens (primary N) is 1. The van der Waals surface area contributed by atoms with Crippen LogP contribution >= 0.6 is 23.2 Å². The maximum Gasteiger partial charge on any atom is 0.267 e. The second kappa shape index (κ2) is 9.02. The van der Waals surface area contributed by atoms with E-state index in [9.17, 15) is 4.79 Å². The fourth-order valence-electron chi connectivity index (χ4n) is 4.11. The number of benzene rings is 2. The fourth-order valence-corrected chi connectivity index (χ4v) is 4.69. The standard InChI is InChI=1S/C24H22Cl2N6O/c25-19-4-1-5-20(26)23(19)32-14-29-21-11-22(28-12-18(21)24(32)33)30-16-6-8-17(9-7-16)31-10-2-3-15(27)13-31/h1,4-9,11-12,14-15H,2-3,10,13,27H2,(H,28,30)/t15-/m1/s1. The highest BCUT2D eigenvalue weighted by molar-refractivity contribution is 6.37. The van der Waals surface area contributed by atoms with E-state index in [1.807, 2.05) is 12.1 Å². The van der Waals surface area contributed by atoms with Gasteiger partial charge in [-0.05, 0) is 49.2 Å². The van der Waals surface area contributed by atoms with E-state index in [1.54, 1.807) is 24.3 Å². The minimum Gasteiger partial charge on any atom is -0.370 e. The normalized spacial score (nSPS) is 16.2. The van der Waals surface area contributed by atoms with Gasteiger partial charge in [0.15, 0.2) is 0 Å². The Morgan fingerprint density at radius 3 is 2.55 bits per heavy atom. The zero-order valence-corrected chi connectivity index (χ0v) is 19.2. The number of nitrogens with one attached hydrogen (secondary N) is 1. The summed E-state index contributed by atoms with van der Waals surface area (Å²) in [6, 6.07) is 15.2. The Bertz CT molecular complexity index is 1350. The van der Waals surface area contributed by atoms with Gasteiger partial charge < -0.3 is 16.0 Å². The molecule has 2 aromatic heterocycles. The Hall–Kier alpha value is -3.13. The zero-order valence-electron chi connectivity index (χ0n) is 17.7. The molecule has 5 rings (SSSR count). The Labute approximate surface area is 200 Å². The smallest absolute Gasteiger partial charge is 0.267 e. The summed E-state index contributed by atoms with van der Waals surface area (Å²) in [7, 11) is 0. The van der Waals surface area contributed by atoms with Gasteiger partial charge in [0, 0.05) is 42.8 Å². The molecule has 0 bridgehead atoms. The van der Waals surface area contributed by atoms with Crippen LogP contribution in [0.3, 0.4) is 0 Å². The quantitative estimate of drug-likeness (QED) is 0.437. The third kappa shape index (κ3) is 4.39. The fraction of sp³-hybridized carbons (Fsp3) is 0.208. The second-order valence-electron chi connectivity index (χ2n) is 8.10. The summed E-state index contributed by atoms with van der Waals surface area (Å²) in [6.45, 7) is 1.90. The van der Waals surface area contributed by atoms with E-state index in [-0.39, 0.29) is 11.6 Å². The average molecular weight is 481 g/mol. The van der Waals surface area contributed by atoms with Crippen molar-refractivity contribution in [1.82, 2.24) is 14.5 Å². The highest BCUT2D eigenvalue weighted by Gasteiger charge is 2.17. The van der Waals surface area contributed by atoms with Crippen molar-refractivity contribution in [3.8, 4) is 5.69 Å². The van der Waals surface area contributed by atoms with Crippen molar-refractivity contribution >= 4 is 51.3 Å². The molecule has 2 aromatic carbocycles. The molecule has 0 unspecified atom stereocenters. The van der Waals surface area contributed by atoms with Crippen molar-refractivity contribution in [3.05, 3.63) is 81.5 Å². The van der Waals surface area contributed by atoms with Gasteiger partial charge in [-0.3, -0.25) is 9.36 Å². The van der Waals surface area contributed by atoms with Crippen molar-refractivity contribution < 1.29 is 0 Å². The number of piperidine rings is 1. The molecule has 7 nitrogen and oxygen atoms in total. The van der Waals surface area contributed by atoms with E-state index in [2.05, 4.69) is 32.3 Å². The Morgan fingerprint density at radius 1 is 1.06 bits per heavy atom. The molecule has 0 amide bonds. The van der Waals surface area contributed by atoms with Gasteiger partial charge in [-0.2, -0.15) is 0 Å². The summed E-state index contributed by atoms with van der Waals surface area (Å²) in [6.07, 6.45) is 5.13. The summed E-state index contributed by atoms with van der Waals surface area (Å²) in [5.41, 5.74) is 8.78. The molecule has 4 aromatic rings. The van der Waals surface area contributed by atoms with Crippen molar-refractivity contribution in [2.45, 2.75) is 18.9 Å². The second-order valence-corrected chi connectivity index (χ2v) is 8.91. The average Bonchev–Trinajstić information content (AvgIpc) is 2.81. The maximum absolute atomic E-state index is 13.0. The van der Waals surface area contributed by atoms with Crippen molar-refractivity contribution in [3.63, 3.8) is 0 Å². The van der Waals surface area contributed by atoms with Gasteiger partial charge in [0.1, 0.15) is 12.1 Å². The van der Waals surface area contributed by atoms with Crippen LogP contribution in [-0.4, -0.2) is 33.7 Å². The molecule has 1 aliphatic heterocycles. The van der Waals surface area contributed by atoms with E-state index in [1.165, 1.54) is 17.1 Å². The van der Waals surface area contributed by atoms with Crippen LogP contribution in [0.15, 0.2) is 65.8 Å². The summed E-state index contributed by atoms with van der Waals surface area (Å²) in [4.78, 5) is 24.2. The van der Waals surface area contributed by atoms with Crippen LogP contribution in [-0.2, 0) is 0 Å². The molecule has 168 valence electrons. The van der Waals surface area contributed by atoms with E-state index in [0.29, 0.717) is 32.5 Å². The number of hydrogen-bond acceptors (Lipinski definition) is 6. The lowest BCUT2D eigenvalue weighted by molar-refractivity contribution is 0.506. The van der Waals surface area contributed by atoms with Gasteiger partial charge in [0.2, 0.25) is 0 Å². The number of anilines is 3. The first-order valence-corrected chi connectivity index (χ1v) is 11.4. The minimum atomic E-state index is -0.293. The maximum atomic E-state index is 13.0. The highest BCUT2D eigenvalue weighted by Crippen LogP contribution is 2.28. The zero-order chi connectivity index (χ0) is 22.9. The molecular weight excluding hydrogens is 459 g/mol. The SMILES string of the molecule is N[C@@H]1CCCN(c2ccc(Nc3cc4ncn(-c5c(Cl)cccc5Cl)c(=O)c4cn3)cc2)C1. The number of pyridine rings is 1. The van der Waals surface area contributed by atoms with Gasteiger partial charge >= 0.3 is 0 Å².